The largest absolute Gasteiger partial charge is 0.495 e. The summed E-state index contributed by atoms with van der Waals surface area (Å²) in [5.41, 5.74) is 1.94. The lowest BCUT2D eigenvalue weighted by Gasteiger charge is -2.18. The second-order valence-electron chi connectivity index (χ2n) is 5.73. The van der Waals surface area contributed by atoms with E-state index in [2.05, 4.69) is 10.6 Å². The highest BCUT2D eigenvalue weighted by molar-refractivity contribution is 7.89. The van der Waals surface area contributed by atoms with Crippen LogP contribution in [0.4, 0.5) is 11.4 Å². The Morgan fingerprint density at radius 1 is 1.23 bits per heavy atom. The lowest BCUT2D eigenvalue weighted by molar-refractivity contribution is -0.116. The number of primary sulfonamides is 1. The van der Waals surface area contributed by atoms with Crippen molar-refractivity contribution < 1.29 is 17.9 Å². The fourth-order valence-corrected chi connectivity index (χ4v) is 2.89. The van der Waals surface area contributed by atoms with E-state index in [0.29, 0.717) is 22.1 Å². The van der Waals surface area contributed by atoms with Crippen LogP contribution in [0.3, 0.4) is 0 Å². The van der Waals surface area contributed by atoms with E-state index in [0.717, 1.165) is 5.56 Å². The van der Waals surface area contributed by atoms with Gasteiger partial charge in [0.05, 0.1) is 17.7 Å². The van der Waals surface area contributed by atoms with Crippen LogP contribution in [0, 0.1) is 6.92 Å². The fourth-order valence-electron chi connectivity index (χ4n) is 2.22. The summed E-state index contributed by atoms with van der Waals surface area (Å²) in [5.74, 6) is 0.223. The number of methoxy groups -OCH3 is 1. The van der Waals surface area contributed by atoms with Crippen LogP contribution in [0.2, 0.25) is 5.02 Å². The summed E-state index contributed by atoms with van der Waals surface area (Å²) in [7, 11) is -2.25. The standard InChI is InChI=1S/C17H20ClN3O4S/c1-10-8-15(16(25-3)9-14(10)18)20-11(2)17(22)21-12-4-6-13(7-5-12)26(19,23)24/h4-9,11,20H,1-3H3,(H,21,22)(H2,19,23,24). The molecule has 0 aliphatic carbocycles. The van der Waals surface area contributed by atoms with Gasteiger partial charge in [0.1, 0.15) is 11.8 Å². The number of carbonyl (C=O) groups is 1. The van der Waals surface area contributed by atoms with E-state index in [4.69, 9.17) is 21.5 Å². The third-order valence-corrected chi connectivity index (χ3v) is 5.03. The molecule has 0 radical (unpaired) electrons. The van der Waals surface area contributed by atoms with Gasteiger partial charge in [0.25, 0.3) is 0 Å². The highest BCUT2D eigenvalue weighted by atomic mass is 35.5. The van der Waals surface area contributed by atoms with Gasteiger partial charge in [-0.1, -0.05) is 11.6 Å². The highest BCUT2D eigenvalue weighted by Crippen LogP contribution is 2.31. The van der Waals surface area contributed by atoms with Crippen molar-refractivity contribution in [1.29, 1.82) is 0 Å². The Bertz CT molecular complexity index is 914. The maximum atomic E-state index is 12.4. The number of benzene rings is 2. The summed E-state index contributed by atoms with van der Waals surface area (Å²) in [6.07, 6.45) is 0. The van der Waals surface area contributed by atoms with Crippen molar-refractivity contribution in [3.8, 4) is 5.75 Å². The normalized spacial score (nSPS) is 12.3. The highest BCUT2D eigenvalue weighted by Gasteiger charge is 2.16. The number of hydrogen-bond donors (Lipinski definition) is 3. The minimum atomic E-state index is -3.77. The van der Waals surface area contributed by atoms with Gasteiger partial charge in [-0.3, -0.25) is 4.79 Å². The molecule has 0 aromatic heterocycles. The van der Waals surface area contributed by atoms with Crippen molar-refractivity contribution in [3.63, 3.8) is 0 Å². The molecule has 0 aliphatic heterocycles. The number of hydrogen-bond acceptors (Lipinski definition) is 5. The fraction of sp³-hybridized carbons (Fsp3) is 0.235. The molecule has 1 amide bonds. The SMILES string of the molecule is COc1cc(Cl)c(C)cc1NC(C)C(=O)Nc1ccc(S(N)(=O)=O)cc1. The van der Waals surface area contributed by atoms with Crippen LogP contribution in [0.25, 0.3) is 0 Å². The van der Waals surface area contributed by atoms with Gasteiger partial charge in [-0.05, 0) is 49.7 Å². The van der Waals surface area contributed by atoms with Crippen LogP contribution >= 0.6 is 11.6 Å². The molecule has 2 aromatic rings. The molecule has 2 aromatic carbocycles. The summed E-state index contributed by atoms with van der Waals surface area (Å²) in [5, 5.41) is 11.4. The van der Waals surface area contributed by atoms with E-state index in [1.54, 1.807) is 19.1 Å². The zero-order valence-electron chi connectivity index (χ0n) is 14.5. The van der Waals surface area contributed by atoms with Crippen molar-refractivity contribution >= 4 is 38.9 Å². The van der Waals surface area contributed by atoms with Crippen molar-refractivity contribution in [2.45, 2.75) is 24.8 Å². The maximum Gasteiger partial charge on any atom is 0.246 e. The number of carbonyl (C=O) groups excluding carboxylic acids is 1. The van der Waals surface area contributed by atoms with E-state index in [-0.39, 0.29) is 10.8 Å². The molecule has 0 saturated heterocycles. The number of nitrogens with two attached hydrogens (primary N) is 1. The minimum Gasteiger partial charge on any atom is -0.495 e. The van der Waals surface area contributed by atoms with Crippen molar-refractivity contribution in [3.05, 3.63) is 47.0 Å². The van der Waals surface area contributed by atoms with Crippen LogP contribution in [-0.4, -0.2) is 27.5 Å². The molecule has 0 saturated carbocycles. The summed E-state index contributed by atoms with van der Waals surface area (Å²) < 4.78 is 27.8. The molecule has 0 spiro atoms. The lowest BCUT2D eigenvalue weighted by Crippen LogP contribution is -2.32. The number of aryl methyl sites for hydroxylation is 1. The third kappa shape index (κ3) is 4.87. The number of halogens is 1. The monoisotopic (exact) mass is 397 g/mol. The first-order valence-corrected chi connectivity index (χ1v) is 9.58. The van der Waals surface area contributed by atoms with Crippen molar-refractivity contribution in [1.82, 2.24) is 0 Å². The van der Waals surface area contributed by atoms with E-state index < -0.39 is 16.1 Å². The van der Waals surface area contributed by atoms with E-state index in [9.17, 15) is 13.2 Å². The molecular weight excluding hydrogens is 378 g/mol. The quantitative estimate of drug-likeness (QED) is 0.694. The van der Waals surface area contributed by atoms with Crippen LogP contribution < -0.4 is 20.5 Å². The van der Waals surface area contributed by atoms with Gasteiger partial charge >= 0.3 is 0 Å². The molecule has 0 fully saturated rings. The Labute approximate surface area is 157 Å². The molecule has 1 unspecified atom stereocenters. The number of amides is 1. The predicted octanol–water partition coefficient (Wildman–Crippen LogP) is 2.74. The van der Waals surface area contributed by atoms with E-state index in [1.165, 1.54) is 31.4 Å². The van der Waals surface area contributed by atoms with Gasteiger partial charge in [0.15, 0.2) is 0 Å². The Morgan fingerprint density at radius 2 is 1.85 bits per heavy atom. The summed E-state index contributed by atoms with van der Waals surface area (Å²) in [4.78, 5) is 12.3. The van der Waals surface area contributed by atoms with E-state index in [1.807, 2.05) is 6.92 Å². The second-order valence-corrected chi connectivity index (χ2v) is 7.69. The first-order valence-electron chi connectivity index (χ1n) is 7.66. The van der Waals surface area contributed by atoms with Crippen LogP contribution in [-0.2, 0) is 14.8 Å². The molecule has 26 heavy (non-hydrogen) atoms. The zero-order valence-corrected chi connectivity index (χ0v) is 16.1. The number of rotatable bonds is 6. The lowest BCUT2D eigenvalue weighted by atomic mass is 10.2. The molecule has 0 heterocycles. The molecule has 7 nitrogen and oxygen atoms in total. The Kier molecular flexibility index (Phi) is 6.12. The average molecular weight is 398 g/mol. The van der Waals surface area contributed by atoms with Crippen LogP contribution in [0.5, 0.6) is 5.75 Å². The summed E-state index contributed by atoms with van der Waals surface area (Å²) in [6, 6.07) is 8.49. The van der Waals surface area contributed by atoms with Crippen LogP contribution in [0.15, 0.2) is 41.3 Å². The predicted molar refractivity (Wildman–Crippen MR) is 102 cm³/mol. The first-order chi connectivity index (χ1) is 12.1. The minimum absolute atomic E-state index is 0.0250. The number of nitrogens with one attached hydrogen (secondary N) is 2. The zero-order chi connectivity index (χ0) is 19.5. The van der Waals surface area contributed by atoms with E-state index >= 15 is 0 Å². The molecule has 2 rings (SSSR count). The van der Waals surface area contributed by atoms with Gasteiger partial charge in [0.2, 0.25) is 15.9 Å². The molecule has 140 valence electrons. The first kappa shape index (κ1) is 20.0. The molecule has 1 atom stereocenters. The topological polar surface area (TPSA) is 111 Å². The summed E-state index contributed by atoms with van der Waals surface area (Å²) in [6.45, 7) is 3.54. The molecular formula is C17H20ClN3O4S. The average Bonchev–Trinajstić information content (AvgIpc) is 2.57. The van der Waals surface area contributed by atoms with Crippen molar-refractivity contribution in [2.24, 2.45) is 5.14 Å². The number of ether oxygens (including phenoxy) is 1. The van der Waals surface area contributed by atoms with Gasteiger partial charge < -0.3 is 15.4 Å². The number of anilines is 2. The summed E-state index contributed by atoms with van der Waals surface area (Å²) >= 11 is 6.08. The molecule has 0 aliphatic rings. The van der Waals surface area contributed by atoms with Gasteiger partial charge in [-0.15, -0.1) is 0 Å². The van der Waals surface area contributed by atoms with Gasteiger partial charge in [-0.25, -0.2) is 13.6 Å². The molecule has 0 bridgehead atoms. The Balaban J connectivity index is 2.10. The Hall–Kier alpha value is -2.29. The van der Waals surface area contributed by atoms with Gasteiger partial charge in [0, 0.05) is 16.8 Å². The van der Waals surface area contributed by atoms with Crippen LogP contribution in [0.1, 0.15) is 12.5 Å². The smallest absolute Gasteiger partial charge is 0.246 e. The molecule has 9 heteroatoms. The Morgan fingerprint density at radius 3 is 2.38 bits per heavy atom. The second kappa shape index (κ2) is 7.94. The van der Waals surface area contributed by atoms with Gasteiger partial charge in [-0.2, -0.15) is 0 Å². The third-order valence-electron chi connectivity index (χ3n) is 3.70. The van der Waals surface area contributed by atoms with Crippen molar-refractivity contribution in [2.75, 3.05) is 17.7 Å². The number of sulfonamides is 1. The molecule has 4 N–H and O–H groups in total. The maximum absolute atomic E-state index is 12.4.